The molecule has 0 atom stereocenters. The van der Waals surface area contributed by atoms with Gasteiger partial charge in [0.2, 0.25) is 0 Å². The van der Waals surface area contributed by atoms with Crippen molar-refractivity contribution in [1.82, 2.24) is 0 Å². The summed E-state index contributed by atoms with van der Waals surface area (Å²) in [5.41, 5.74) is 0. The predicted octanol–water partition coefficient (Wildman–Crippen LogP) is 4.98. The van der Waals surface area contributed by atoms with Gasteiger partial charge in [0.25, 0.3) is 0 Å². The molecule has 94 valence electrons. The highest BCUT2D eigenvalue weighted by Gasteiger charge is 2.28. The van der Waals surface area contributed by atoms with E-state index in [2.05, 4.69) is 61.7 Å². The van der Waals surface area contributed by atoms with Gasteiger partial charge in [0.1, 0.15) is 0 Å². The van der Waals surface area contributed by atoms with E-state index < -0.39 is 0 Å². The van der Waals surface area contributed by atoms with E-state index in [1.807, 2.05) is 30.4 Å². The van der Waals surface area contributed by atoms with Crippen LogP contribution in [0.4, 0.5) is 0 Å². The van der Waals surface area contributed by atoms with Crippen molar-refractivity contribution < 1.29 is 0 Å². The van der Waals surface area contributed by atoms with Crippen molar-refractivity contribution in [2.24, 2.45) is 0 Å². The second-order valence-electron chi connectivity index (χ2n) is 3.94. The maximum atomic E-state index is 3.94. The van der Waals surface area contributed by atoms with Crippen molar-refractivity contribution in [3.8, 4) is 0 Å². The molecule has 0 amide bonds. The van der Waals surface area contributed by atoms with Gasteiger partial charge in [-0.25, -0.2) is 0 Å². The molecule has 0 heterocycles. The average Bonchev–Trinajstić information content (AvgIpc) is 2.49. The van der Waals surface area contributed by atoms with E-state index in [1.54, 1.807) is 0 Å². The molecule has 0 fully saturated rings. The van der Waals surface area contributed by atoms with E-state index in [9.17, 15) is 0 Å². The molecule has 0 aliphatic rings. The van der Waals surface area contributed by atoms with Crippen LogP contribution in [0.1, 0.15) is 0 Å². The molecule has 1 heteroatoms. The van der Waals surface area contributed by atoms with Crippen LogP contribution in [0.5, 0.6) is 0 Å². The minimum Gasteiger partial charge on any atom is -0.0989 e. The molecular weight excluding hydrogens is 248 g/mol. The summed E-state index contributed by atoms with van der Waals surface area (Å²) in [6.45, 7) is 7.74. The van der Waals surface area contributed by atoms with Crippen LogP contribution < -0.4 is 0 Å². The fraction of sp³-hybridized carbons (Fsp3) is 0. The highest BCUT2D eigenvalue weighted by Crippen LogP contribution is 2.30. The van der Waals surface area contributed by atoms with Gasteiger partial charge >= 0.3 is 0 Å². The molecule has 0 aliphatic heterocycles. The van der Waals surface area contributed by atoms with Crippen LogP contribution in [-0.4, -0.2) is 0 Å². The van der Waals surface area contributed by atoms with E-state index in [0.29, 0.717) is 0 Å². The van der Waals surface area contributed by atoms with Gasteiger partial charge in [-0.1, -0.05) is 55.6 Å². The van der Waals surface area contributed by atoms with E-state index in [-0.39, 0.29) is 10.9 Å². The van der Waals surface area contributed by atoms with Crippen molar-refractivity contribution in [2.75, 3.05) is 0 Å². The summed E-state index contributed by atoms with van der Waals surface area (Å²) in [6.07, 6.45) is 5.78. The van der Waals surface area contributed by atoms with Crippen LogP contribution in [0, 0.1) is 0 Å². The third kappa shape index (κ3) is 3.27. The zero-order valence-corrected chi connectivity index (χ0v) is 11.6. The lowest BCUT2D eigenvalue weighted by Gasteiger charge is -2.07. The van der Waals surface area contributed by atoms with Crippen molar-refractivity contribution in [2.45, 2.75) is 9.79 Å². The highest BCUT2D eigenvalue weighted by atomic mass is 32.2. The minimum absolute atomic E-state index is 0.117. The summed E-state index contributed by atoms with van der Waals surface area (Å²) in [7, 11) is -0.117. The van der Waals surface area contributed by atoms with Crippen molar-refractivity contribution >= 4 is 10.9 Å². The maximum Gasteiger partial charge on any atom is 0.166 e. The predicted molar refractivity (Wildman–Crippen MR) is 85.3 cm³/mol. The molecule has 0 saturated heterocycles. The van der Waals surface area contributed by atoms with Gasteiger partial charge in [-0.2, -0.15) is 0 Å². The quantitative estimate of drug-likeness (QED) is 0.528. The second-order valence-corrected chi connectivity index (χ2v) is 5.97. The Labute approximate surface area is 118 Å². The Bertz CT molecular complexity index is 528. The van der Waals surface area contributed by atoms with Gasteiger partial charge in [0.05, 0.1) is 10.9 Å². The second kappa shape index (κ2) is 6.81. The summed E-state index contributed by atoms with van der Waals surface area (Å²) in [4.78, 5) is 3.77. The fourth-order valence-corrected chi connectivity index (χ4v) is 3.93. The fourth-order valence-electron chi connectivity index (χ4n) is 1.86. The Morgan fingerprint density at radius 2 is 1.26 bits per heavy atom. The van der Waals surface area contributed by atoms with E-state index in [1.165, 1.54) is 14.7 Å². The SMILES string of the molecule is C=C/C=C(\C=C)[S+](c1ccccc1)c1ccccc1. The molecule has 19 heavy (non-hydrogen) atoms. The third-order valence-corrected chi connectivity index (χ3v) is 4.94. The summed E-state index contributed by atoms with van der Waals surface area (Å²) in [6, 6.07) is 21.0. The van der Waals surface area contributed by atoms with Crippen molar-refractivity contribution in [3.63, 3.8) is 0 Å². The topological polar surface area (TPSA) is 0 Å². The van der Waals surface area contributed by atoms with Gasteiger partial charge in [0.15, 0.2) is 14.7 Å². The molecule has 0 aliphatic carbocycles. The lowest BCUT2D eigenvalue weighted by Crippen LogP contribution is -2.05. The third-order valence-electron chi connectivity index (χ3n) is 2.68. The largest absolute Gasteiger partial charge is 0.166 e. The normalized spacial score (nSPS) is 11.3. The van der Waals surface area contributed by atoms with E-state index in [0.717, 1.165) is 0 Å². The monoisotopic (exact) mass is 265 g/mol. The van der Waals surface area contributed by atoms with Crippen LogP contribution in [0.15, 0.2) is 107 Å². The summed E-state index contributed by atoms with van der Waals surface area (Å²) < 4.78 is 0. The number of allylic oxidation sites excluding steroid dienone is 3. The van der Waals surface area contributed by atoms with Crippen LogP contribution in [0.2, 0.25) is 0 Å². The van der Waals surface area contributed by atoms with Crippen LogP contribution in [0.25, 0.3) is 0 Å². The number of rotatable bonds is 5. The molecule has 0 radical (unpaired) electrons. The van der Waals surface area contributed by atoms with E-state index >= 15 is 0 Å². The Morgan fingerprint density at radius 1 is 0.789 bits per heavy atom. The Morgan fingerprint density at radius 3 is 1.63 bits per heavy atom. The zero-order valence-electron chi connectivity index (χ0n) is 10.8. The van der Waals surface area contributed by atoms with Crippen LogP contribution in [-0.2, 0) is 10.9 Å². The molecule has 0 aromatic heterocycles. The number of benzene rings is 2. The van der Waals surface area contributed by atoms with Crippen molar-refractivity contribution in [3.05, 3.63) is 97.0 Å². The summed E-state index contributed by atoms with van der Waals surface area (Å²) in [5, 5.41) is 0. The van der Waals surface area contributed by atoms with Gasteiger partial charge in [-0.05, 0) is 36.4 Å². The Hall–Kier alpha value is -1.99. The minimum atomic E-state index is -0.117. The first kappa shape index (κ1) is 13.4. The molecule has 0 bridgehead atoms. The molecule has 0 spiro atoms. The molecule has 0 saturated carbocycles. The molecule has 2 aromatic carbocycles. The van der Waals surface area contributed by atoms with Gasteiger partial charge in [-0.15, -0.1) is 0 Å². The first-order chi connectivity index (χ1) is 9.36. The molecular formula is C18H17S+. The lowest BCUT2D eigenvalue weighted by molar-refractivity contribution is 1.38. The Kier molecular flexibility index (Phi) is 4.82. The number of hydrogen-bond acceptors (Lipinski definition) is 0. The van der Waals surface area contributed by atoms with Crippen LogP contribution in [0.3, 0.4) is 0 Å². The first-order valence-corrected chi connectivity index (χ1v) is 7.39. The summed E-state index contributed by atoms with van der Waals surface area (Å²) >= 11 is 0. The molecule has 2 rings (SSSR count). The summed E-state index contributed by atoms with van der Waals surface area (Å²) in [5.74, 6) is 0. The van der Waals surface area contributed by atoms with Gasteiger partial charge in [0, 0.05) is 0 Å². The van der Waals surface area contributed by atoms with E-state index in [4.69, 9.17) is 0 Å². The molecule has 0 nitrogen and oxygen atoms in total. The first-order valence-electron chi connectivity index (χ1n) is 6.16. The molecule has 2 aromatic rings. The lowest BCUT2D eigenvalue weighted by atomic mass is 10.4. The Balaban J connectivity index is 2.54. The van der Waals surface area contributed by atoms with Crippen LogP contribution >= 0.6 is 0 Å². The van der Waals surface area contributed by atoms with Gasteiger partial charge < -0.3 is 0 Å². The smallest absolute Gasteiger partial charge is 0.0989 e. The molecule has 0 N–H and O–H groups in total. The average molecular weight is 265 g/mol. The van der Waals surface area contributed by atoms with Gasteiger partial charge in [-0.3, -0.25) is 0 Å². The number of hydrogen-bond donors (Lipinski definition) is 0. The molecule has 0 unspecified atom stereocenters. The van der Waals surface area contributed by atoms with Crippen molar-refractivity contribution in [1.29, 1.82) is 0 Å². The maximum absolute atomic E-state index is 3.94. The highest BCUT2D eigenvalue weighted by molar-refractivity contribution is 8.00. The standard InChI is InChI=1S/C18H17S/c1-3-11-16(4-2)19(17-12-7-5-8-13-17)18-14-9-6-10-15-18/h3-15H,1-2H2/q+1/b16-11+. The zero-order chi connectivity index (χ0) is 13.5.